The number of amides is 1. The first-order valence-corrected chi connectivity index (χ1v) is 11.0. The fraction of sp³-hybridized carbons (Fsp3) is 0.0833. The van der Waals surface area contributed by atoms with Gasteiger partial charge in [0.25, 0.3) is 17.3 Å². The summed E-state index contributed by atoms with van der Waals surface area (Å²) in [6.45, 7) is 1.53. The molecule has 4 rings (SSSR count). The quantitative estimate of drug-likeness (QED) is 0.277. The van der Waals surface area contributed by atoms with Crippen LogP contribution in [0.1, 0.15) is 21.5 Å². The molecule has 1 heterocycles. The number of nitrogens with one attached hydrogen (secondary N) is 1. The number of thiazole rings is 1. The Morgan fingerprint density at radius 3 is 2.41 bits per heavy atom. The van der Waals surface area contributed by atoms with Gasteiger partial charge in [-0.3, -0.25) is 25.0 Å². The van der Waals surface area contributed by atoms with Gasteiger partial charge in [0.1, 0.15) is 5.01 Å². The maximum Gasteiger partial charge on any atom is 0.279 e. The van der Waals surface area contributed by atoms with E-state index >= 15 is 0 Å². The van der Waals surface area contributed by atoms with E-state index in [2.05, 4.69) is 5.32 Å². The average molecular weight is 474 g/mol. The molecule has 0 radical (unpaired) electrons. The lowest BCUT2D eigenvalue weighted by molar-refractivity contribution is -0.394. The van der Waals surface area contributed by atoms with Gasteiger partial charge in [-0.05, 0) is 18.6 Å². The molecule has 0 saturated carbocycles. The lowest BCUT2D eigenvalue weighted by Crippen LogP contribution is -2.24. The molecular weight excluding hydrogens is 456 g/mol. The van der Waals surface area contributed by atoms with Crippen LogP contribution in [0.15, 0.2) is 72.1 Å². The minimum absolute atomic E-state index is 0.0677. The second kappa shape index (κ2) is 9.59. The van der Waals surface area contributed by atoms with Gasteiger partial charge in [0.2, 0.25) is 0 Å². The van der Waals surface area contributed by atoms with Crippen LogP contribution in [0.2, 0.25) is 0 Å². The molecule has 4 aromatic rings. The highest BCUT2D eigenvalue weighted by Gasteiger charge is 2.24. The van der Waals surface area contributed by atoms with E-state index in [1.807, 2.05) is 60.0 Å². The topological polar surface area (TPSA) is 128 Å². The molecular formula is C24H18N4O5S. The van der Waals surface area contributed by atoms with Crippen LogP contribution in [0.4, 0.5) is 11.4 Å². The second-order valence-corrected chi connectivity index (χ2v) is 8.30. The first-order chi connectivity index (χ1) is 16.3. The predicted molar refractivity (Wildman–Crippen MR) is 129 cm³/mol. The number of non-ortho nitro benzene ring substituents is 1. The molecule has 0 atom stereocenters. The Hall–Kier alpha value is -4.44. The van der Waals surface area contributed by atoms with E-state index in [4.69, 9.17) is 4.98 Å². The van der Waals surface area contributed by atoms with E-state index in [-0.39, 0.29) is 17.7 Å². The summed E-state index contributed by atoms with van der Waals surface area (Å²) in [6, 6.07) is 19.2. The van der Waals surface area contributed by atoms with Crippen molar-refractivity contribution in [2.45, 2.75) is 13.5 Å². The molecule has 0 fully saturated rings. The van der Waals surface area contributed by atoms with Crippen LogP contribution < -0.4 is 5.32 Å². The Morgan fingerprint density at radius 1 is 0.971 bits per heavy atom. The largest absolute Gasteiger partial charge is 0.348 e. The van der Waals surface area contributed by atoms with Crippen LogP contribution in [0.3, 0.4) is 0 Å². The van der Waals surface area contributed by atoms with Crippen LogP contribution in [0, 0.1) is 27.2 Å². The molecule has 0 bridgehead atoms. The van der Waals surface area contributed by atoms with Crippen molar-refractivity contribution < 1.29 is 14.6 Å². The van der Waals surface area contributed by atoms with Gasteiger partial charge < -0.3 is 5.32 Å². The van der Waals surface area contributed by atoms with Gasteiger partial charge in [-0.1, -0.05) is 48.5 Å². The third kappa shape index (κ3) is 4.81. The van der Waals surface area contributed by atoms with E-state index in [1.54, 1.807) is 0 Å². The predicted octanol–water partition coefficient (Wildman–Crippen LogP) is 5.53. The molecule has 9 nitrogen and oxygen atoms in total. The van der Waals surface area contributed by atoms with Crippen LogP contribution in [-0.2, 0) is 6.54 Å². The molecule has 0 spiro atoms. The van der Waals surface area contributed by atoms with Crippen molar-refractivity contribution in [2.75, 3.05) is 0 Å². The van der Waals surface area contributed by atoms with Crippen molar-refractivity contribution >= 4 is 28.6 Å². The summed E-state index contributed by atoms with van der Waals surface area (Å²) in [7, 11) is 0. The number of carbonyl (C=O) groups excluding carboxylic acids is 1. The van der Waals surface area contributed by atoms with Crippen LogP contribution in [-0.4, -0.2) is 20.7 Å². The standard InChI is InChI=1S/C24H18N4O5S/c1-15-20(11-19(27(30)31)12-22(15)28(32)33)23(29)25-13-16-6-5-9-18(10-16)24-26-21(14-34-24)17-7-3-2-4-8-17/h2-12,14H,13H2,1H3,(H,25,29). The van der Waals surface area contributed by atoms with Gasteiger partial charge >= 0.3 is 0 Å². The summed E-state index contributed by atoms with van der Waals surface area (Å²) in [5.74, 6) is -0.629. The van der Waals surface area contributed by atoms with Crippen molar-refractivity contribution in [3.05, 3.63) is 109 Å². The Labute approximate surface area is 198 Å². The smallest absolute Gasteiger partial charge is 0.279 e. The van der Waals surface area contributed by atoms with Crippen LogP contribution in [0.5, 0.6) is 0 Å². The molecule has 0 aliphatic heterocycles. The van der Waals surface area contributed by atoms with E-state index in [1.165, 1.54) is 18.3 Å². The number of nitrogens with zero attached hydrogens (tertiary/aromatic N) is 3. The Balaban J connectivity index is 1.53. The maximum atomic E-state index is 12.7. The summed E-state index contributed by atoms with van der Waals surface area (Å²) in [5, 5.41) is 27.9. The number of rotatable bonds is 7. The SMILES string of the molecule is Cc1c(C(=O)NCc2cccc(-c3nc(-c4ccccc4)cs3)c2)cc([N+](=O)[O-])cc1[N+](=O)[O-]. The van der Waals surface area contributed by atoms with Gasteiger partial charge in [0, 0.05) is 34.7 Å². The van der Waals surface area contributed by atoms with Crippen LogP contribution >= 0.6 is 11.3 Å². The molecule has 0 unspecified atom stereocenters. The molecule has 0 aliphatic rings. The molecule has 0 saturated heterocycles. The van der Waals surface area contributed by atoms with Crippen molar-refractivity contribution in [2.24, 2.45) is 0 Å². The fourth-order valence-electron chi connectivity index (χ4n) is 3.45. The van der Waals surface area contributed by atoms with Gasteiger partial charge in [-0.25, -0.2) is 4.98 Å². The van der Waals surface area contributed by atoms with E-state index in [0.29, 0.717) is 0 Å². The Morgan fingerprint density at radius 2 is 1.71 bits per heavy atom. The average Bonchev–Trinajstić information content (AvgIpc) is 3.33. The van der Waals surface area contributed by atoms with Gasteiger partial charge in [-0.15, -0.1) is 11.3 Å². The number of aromatic nitrogens is 1. The number of benzene rings is 3. The number of nitro benzene ring substituents is 2. The summed E-state index contributed by atoms with van der Waals surface area (Å²) >= 11 is 1.51. The zero-order valence-electron chi connectivity index (χ0n) is 17.9. The summed E-state index contributed by atoms with van der Waals surface area (Å²) < 4.78 is 0. The number of hydrogen-bond donors (Lipinski definition) is 1. The highest BCUT2D eigenvalue weighted by atomic mass is 32.1. The monoisotopic (exact) mass is 474 g/mol. The van der Waals surface area contributed by atoms with Gasteiger partial charge in [0.15, 0.2) is 0 Å². The zero-order valence-corrected chi connectivity index (χ0v) is 18.7. The van der Waals surface area contributed by atoms with Gasteiger partial charge in [-0.2, -0.15) is 0 Å². The number of hydrogen-bond acceptors (Lipinski definition) is 7. The van der Waals surface area contributed by atoms with Crippen LogP contribution in [0.25, 0.3) is 21.8 Å². The summed E-state index contributed by atoms with van der Waals surface area (Å²) in [6.07, 6.45) is 0. The molecule has 0 aliphatic carbocycles. The van der Waals surface area contributed by atoms with Crippen molar-refractivity contribution in [3.8, 4) is 21.8 Å². The highest BCUT2D eigenvalue weighted by molar-refractivity contribution is 7.13. The molecule has 1 amide bonds. The first-order valence-electron chi connectivity index (χ1n) is 10.2. The van der Waals surface area contributed by atoms with Crippen molar-refractivity contribution in [3.63, 3.8) is 0 Å². The summed E-state index contributed by atoms with van der Waals surface area (Å²) in [5.41, 5.74) is 2.56. The second-order valence-electron chi connectivity index (χ2n) is 7.44. The minimum Gasteiger partial charge on any atom is -0.348 e. The zero-order chi connectivity index (χ0) is 24.2. The Bertz CT molecular complexity index is 1400. The first kappa shape index (κ1) is 22.7. The lowest BCUT2D eigenvalue weighted by Gasteiger charge is -2.09. The molecule has 1 aromatic heterocycles. The van der Waals surface area contributed by atoms with Crippen molar-refractivity contribution in [1.82, 2.24) is 10.3 Å². The molecule has 1 N–H and O–H groups in total. The third-order valence-corrected chi connectivity index (χ3v) is 6.11. The van der Waals surface area contributed by atoms with E-state index < -0.39 is 27.1 Å². The molecule has 170 valence electrons. The number of nitro groups is 2. The molecule has 34 heavy (non-hydrogen) atoms. The van der Waals surface area contributed by atoms with Gasteiger partial charge in [0.05, 0.1) is 27.2 Å². The lowest BCUT2D eigenvalue weighted by atomic mass is 10.0. The molecule has 3 aromatic carbocycles. The molecule has 10 heteroatoms. The third-order valence-electron chi connectivity index (χ3n) is 5.22. The minimum atomic E-state index is -0.760. The fourth-order valence-corrected chi connectivity index (χ4v) is 4.28. The Kier molecular flexibility index (Phi) is 6.42. The summed E-state index contributed by atoms with van der Waals surface area (Å²) in [4.78, 5) is 38.4. The van der Waals surface area contributed by atoms with E-state index in [0.717, 1.165) is 39.5 Å². The highest BCUT2D eigenvalue weighted by Crippen LogP contribution is 2.30. The van der Waals surface area contributed by atoms with Crippen molar-refractivity contribution in [1.29, 1.82) is 0 Å². The maximum absolute atomic E-state index is 12.7. The normalized spacial score (nSPS) is 10.6. The number of carbonyl (C=O) groups is 1. The van der Waals surface area contributed by atoms with E-state index in [9.17, 15) is 25.0 Å².